The van der Waals surface area contributed by atoms with E-state index in [-0.39, 0.29) is 45.0 Å². The minimum Gasteiger partial charge on any atom is -0.768 e. The van der Waals surface area contributed by atoms with E-state index in [9.17, 15) is 13.6 Å². The first-order valence-electron chi connectivity index (χ1n) is 3.53. The van der Waals surface area contributed by atoms with E-state index in [1.807, 2.05) is 0 Å². The maximum atomic E-state index is 11.1. The van der Waals surface area contributed by atoms with Crippen molar-refractivity contribution in [2.24, 2.45) is 0 Å². The van der Waals surface area contributed by atoms with E-state index in [0.29, 0.717) is 0 Å². The molecule has 0 spiro atoms. The van der Waals surface area contributed by atoms with Crippen LogP contribution in [-0.2, 0) is 15.8 Å². The molecule has 0 saturated carbocycles. The summed E-state index contributed by atoms with van der Waals surface area (Å²) in [4.78, 5) is 11.1. The van der Waals surface area contributed by atoms with Crippen molar-refractivity contribution in [1.82, 2.24) is 0 Å². The van der Waals surface area contributed by atoms with Gasteiger partial charge in [0, 0.05) is 4.90 Å². The average Bonchev–Trinajstić information content (AvgIpc) is 2.16. The molecular formula is C8H6ClNaO4S. The van der Waals surface area contributed by atoms with Crippen molar-refractivity contribution in [3.05, 3.63) is 28.8 Å². The van der Waals surface area contributed by atoms with Crippen molar-refractivity contribution >= 4 is 28.7 Å². The first-order valence-corrected chi connectivity index (χ1v) is 4.98. The second kappa shape index (κ2) is 6.62. The minimum absolute atomic E-state index is 0. The summed E-state index contributed by atoms with van der Waals surface area (Å²) in [6.45, 7) is 0. The third kappa shape index (κ3) is 3.86. The van der Waals surface area contributed by atoms with Crippen LogP contribution < -0.4 is 29.6 Å². The van der Waals surface area contributed by atoms with Gasteiger partial charge >= 0.3 is 35.5 Å². The van der Waals surface area contributed by atoms with Crippen molar-refractivity contribution in [2.45, 2.75) is 4.90 Å². The zero-order chi connectivity index (χ0) is 10.7. The van der Waals surface area contributed by atoms with Gasteiger partial charge in [-0.15, -0.1) is 0 Å². The Bertz CT molecular complexity index is 396. The molecule has 1 aromatic rings. The Morgan fingerprint density at radius 2 is 2.13 bits per heavy atom. The molecule has 0 radical (unpaired) electrons. The van der Waals surface area contributed by atoms with Crippen LogP contribution in [-0.4, -0.2) is 21.8 Å². The summed E-state index contributed by atoms with van der Waals surface area (Å²) in [5.74, 6) is -0.599. The monoisotopic (exact) mass is 256 g/mol. The Labute approximate surface area is 117 Å². The molecule has 0 N–H and O–H groups in total. The fourth-order valence-corrected chi connectivity index (χ4v) is 1.59. The van der Waals surface area contributed by atoms with Crippen molar-refractivity contribution in [2.75, 3.05) is 7.11 Å². The number of rotatable bonds is 2. The van der Waals surface area contributed by atoms with Gasteiger partial charge in [0.05, 0.1) is 17.7 Å². The molecule has 1 atom stereocenters. The van der Waals surface area contributed by atoms with Gasteiger partial charge in [0.15, 0.2) is 0 Å². The van der Waals surface area contributed by atoms with Crippen molar-refractivity contribution in [3.8, 4) is 0 Å². The zero-order valence-electron chi connectivity index (χ0n) is 8.15. The van der Waals surface area contributed by atoms with Gasteiger partial charge in [0.1, 0.15) is 0 Å². The van der Waals surface area contributed by atoms with E-state index in [1.54, 1.807) is 0 Å². The Balaban J connectivity index is 0.00000196. The largest absolute Gasteiger partial charge is 1.00 e. The van der Waals surface area contributed by atoms with Gasteiger partial charge in [0.25, 0.3) is 0 Å². The number of benzene rings is 1. The van der Waals surface area contributed by atoms with Gasteiger partial charge < -0.3 is 9.29 Å². The first kappa shape index (κ1) is 15.1. The summed E-state index contributed by atoms with van der Waals surface area (Å²) in [6, 6.07) is 3.78. The van der Waals surface area contributed by atoms with Gasteiger partial charge in [-0.2, -0.15) is 0 Å². The van der Waals surface area contributed by atoms with Crippen LogP contribution in [0.2, 0.25) is 5.02 Å². The number of esters is 1. The Morgan fingerprint density at radius 3 is 2.53 bits per heavy atom. The van der Waals surface area contributed by atoms with E-state index in [0.717, 1.165) is 0 Å². The van der Waals surface area contributed by atoms with Crippen LogP contribution in [0.25, 0.3) is 0 Å². The van der Waals surface area contributed by atoms with E-state index in [1.165, 1.54) is 25.3 Å². The van der Waals surface area contributed by atoms with Gasteiger partial charge in [-0.25, -0.2) is 4.79 Å². The second-order valence-corrected chi connectivity index (χ2v) is 3.72. The summed E-state index contributed by atoms with van der Waals surface area (Å²) >= 11 is 3.32. The minimum atomic E-state index is -2.35. The van der Waals surface area contributed by atoms with Crippen LogP contribution in [0.4, 0.5) is 0 Å². The van der Waals surface area contributed by atoms with Crippen LogP contribution in [0.5, 0.6) is 0 Å². The van der Waals surface area contributed by atoms with Crippen molar-refractivity contribution in [3.63, 3.8) is 0 Å². The predicted molar refractivity (Wildman–Crippen MR) is 50.0 cm³/mol. The molecule has 0 aliphatic heterocycles. The van der Waals surface area contributed by atoms with Crippen LogP contribution in [0.15, 0.2) is 23.1 Å². The SMILES string of the molecule is COC(=O)c1ccc(S(=O)[O-])cc1Cl.[Na+]. The maximum Gasteiger partial charge on any atom is 1.00 e. The predicted octanol–water partition coefficient (Wildman–Crippen LogP) is -1.63. The molecule has 0 aromatic heterocycles. The average molecular weight is 257 g/mol. The molecule has 76 valence electrons. The molecule has 0 aliphatic rings. The molecule has 1 aromatic carbocycles. The molecule has 4 nitrogen and oxygen atoms in total. The van der Waals surface area contributed by atoms with Crippen molar-refractivity contribution in [1.29, 1.82) is 0 Å². The first-order chi connectivity index (χ1) is 6.56. The molecule has 0 fully saturated rings. The molecule has 0 amide bonds. The third-order valence-corrected chi connectivity index (χ3v) is 2.49. The number of hydrogen-bond acceptors (Lipinski definition) is 4. The molecule has 0 heterocycles. The molecule has 1 rings (SSSR count). The number of halogens is 1. The normalized spacial score (nSPS) is 11.4. The van der Waals surface area contributed by atoms with E-state index in [4.69, 9.17) is 11.6 Å². The zero-order valence-corrected chi connectivity index (χ0v) is 11.7. The summed E-state index contributed by atoms with van der Waals surface area (Å²) in [7, 11) is 1.22. The molecule has 1 unspecified atom stereocenters. The van der Waals surface area contributed by atoms with Crippen LogP contribution >= 0.6 is 11.6 Å². The number of carbonyl (C=O) groups is 1. The van der Waals surface area contributed by atoms with Crippen LogP contribution in [0.3, 0.4) is 0 Å². The van der Waals surface area contributed by atoms with Crippen LogP contribution in [0.1, 0.15) is 10.4 Å². The molecule has 0 aliphatic carbocycles. The van der Waals surface area contributed by atoms with E-state index < -0.39 is 17.0 Å². The summed E-state index contributed by atoms with van der Waals surface area (Å²) < 4.78 is 25.5. The van der Waals surface area contributed by atoms with E-state index >= 15 is 0 Å². The summed E-state index contributed by atoms with van der Waals surface area (Å²) in [6.07, 6.45) is 0. The summed E-state index contributed by atoms with van der Waals surface area (Å²) in [5, 5.41) is 0.0542. The van der Waals surface area contributed by atoms with Gasteiger partial charge in [-0.3, -0.25) is 4.21 Å². The molecule has 0 saturated heterocycles. The fourth-order valence-electron chi connectivity index (χ4n) is 0.875. The number of hydrogen-bond donors (Lipinski definition) is 0. The number of ether oxygens (including phenoxy) is 1. The second-order valence-electron chi connectivity index (χ2n) is 2.37. The van der Waals surface area contributed by atoms with Gasteiger partial charge in [0.2, 0.25) is 0 Å². The number of carbonyl (C=O) groups excluding carboxylic acids is 1. The smallest absolute Gasteiger partial charge is 0.768 e. The third-order valence-electron chi connectivity index (χ3n) is 1.54. The molecule has 0 bridgehead atoms. The number of methoxy groups -OCH3 is 1. The molecule has 15 heavy (non-hydrogen) atoms. The molecular weight excluding hydrogens is 251 g/mol. The fraction of sp³-hybridized carbons (Fsp3) is 0.125. The van der Waals surface area contributed by atoms with Crippen LogP contribution in [0, 0.1) is 0 Å². The van der Waals surface area contributed by atoms with Crippen molar-refractivity contribution < 1.29 is 47.9 Å². The molecule has 7 heteroatoms. The topological polar surface area (TPSA) is 66.4 Å². The van der Waals surface area contributed by atoms with E-state index in [2.05, 4.69) is 4.74 Å². The Morgan fingerprint density at radius 1 is 1.53 bits per heavy atom. The Kier molecular flexibility index (Phi) is 6.66. The van der Waals surface area contributed by atoms with Gasteiger partial charge in [-0.1, -0.05) is 11.6 Å². The Hall–Kier alpha value is 0.0900. The maximum absolute atomic E-state index is 11.1. The quantitative estimate of drug-likeness (QED) is 0.362. The standard InChI is InChI=1S/C8H7ClO4S.Na/c1-13-8(10)6-3-2-5(14(11)12)4-7(6)9;/h2-4H,1H3,(H,11,12);/q;+1/p-1. The van der Waals surface area contributed by atoms with Gasteiger partial charge in [-0.05, 0) is 29.3 Å². The summed E-state index contributed by atoms with van der Waals surface area (Å²) in [5.41, 5.74) is 0.142.